The Hall–Kier alpha value is -2.74. The highest BCUT2D eigenvalue weighted by Gasteiger charge is 2.21. The number of aromatic nitrogens is 3. The number of nitrogens with zero attached hydrogens (tertiary/aromatic N) is 3. The van der Waals surface area contributed by atoms with Crippen molar-refractivity contribution in [2.24, 2.45) is 0 Å². The fourth-order valence-electron chi connectivity index (χ4n) is 3.21. The number of ether oxygens (including phenoxy) is 2. The van der Waals surface area contributed by atoms with Crippen LogP contribution < -0.4 is 10.3 Å². The maximum atomic E-state index is 12.7. The molecular formula is C19H19N3O4S. The number of thiophene rings is 1. The summed E-state index contributed by atoms with van der Waals surface area (Å²) in [6.07, 6.45) is 4.08. The van der Waals surface area contributed by atoms with Crippen molar-refractivity contribution >= 4 is 27.5 Å². The van der Waals surface area contributed by atoms with Crippen molar-refractivity contribution in [1.82, 2.24) is 15.0 Å². The molecule has 0 saturated carbocycles. The summed E-state index contributed by atoms with van der Waals surface area (Å²) in [6, 6.07) is 9.28. The molecule has 4 rings (SSSR count). The Morgan fingerprint density at radius 3 is 2.81 bits per heavy atom. The Morgan fingerprint density at radius 1 is 1.15 bits per heavy atom. The second-order valence-corrected chi connectivity index (χ2v) is 7.41. The van der Waals surface area contributed by atoms with Crippen LogP contribution in [0, 0.1) is 0 Å². The van der Waals surface area contributed by atoms with Gasteiger partial charge in [-0.05, 0) is 43.4 Å². The molecule has 3 aromatic rings. The average Bonchev–Trinajstić information content (AvgIpc) is 3.07. The van der Waals surface area contributed by atoms with Gasteiger partial charge >= 0.3 is 5.97 Å². The Morgan fingerprint density at radius 2 is 1.96 bits per heavy atom. The predicted molar refractivity (Wildman–Crippen MR) is 101 cm³/mol. The molecule has 7 nitrogen and oxygen atoms in total. The van der Waals surface area contributed by atoms with Crippen LogP contribution in [0.2, 0.25) is 0 Å². The molecule has 0 aliphatic heterocycles. The number of hydrogen-bond donors (Lipinski definition) is 0. The van der Waals surface area contributed by atoms with Crippen LogP contribution >= 0.6 is 11.3 Å². The normalized spacial score (nSPS) is 13.3. The third-order valence-electron chi connectivity index (χ3n) is 4.48. The van der Waals surface area contributed by atoms with E-state index >= 15 is 0 Å². The molecule has 27 heavy (non-hydrogen) atoms. The number of para-hydroxylation sites is 1. The van der Waals surface area contributed by atoms with Gasteiger partial charge in [0.2, 0.25) is 0 Å². The van der Waals surface area contributed by atoms with Gasteiger partial charge in [0.1, 0.15) is 25.5 Å². The molecule has 0 bridgehead atoms. The van der Waals surface area contributed by atoms with E-state index in [0.29, 0.717) is 16.0 Å². The molecule has 0 N–H and O–H groups in total. The van der Waals surface area contributed by atoms with Gasteiger partial charge in [0.05, 0.1) is 5.39 Å². The van der Waals surface area contributed by atoms with E-state index in [1.807, 2.05) is 30.3 Å². The lowest BCUT2D eigenvalue weighted by Gasteiger charge is -2.10. The summed E-state index contributed by atoms with van der Waals surface area (Å²) in [5, 5.41) is 8.65. The van der Waals surface area contributed by atoms with Crippen LogP contribution in [-0.4, -0.2) is 34.2 Å². The monoisotopic (exact) mass is 385 g/mol. The number of carbonyl (C=O) groups is 1. The van der Waals surface area contributed by atoms with E-state index in [1.165, 1.54) is 16.2 Å². The van der Waals surface area contributed by atoms with Crippen molar-refractivity contribution < 1.29 is 14.3 Å². The number of aryl methyl sites for hydroxylation is 2. The fourth-order valence-corrected chi connectivity index (χ4v) is 4.41. The van der Waals surface area contributed by atoms with Gasteiger partial charge in [-0.1, -0.05) is 23.4 Å². The summed E-state index contributed by atoms with van der Waals surface area (Å²) < 4.78 is 11.7. The Kier molecular flexibility index (Phi) is 5.15. The maximum Gasteiger partial charge on any atom is 0.328 e. The Balaban J connectivity index is 1.38. The van der Waals surface area contributed by atoms with Crippen LogP contribution in [0.25, 0.3) is 10.2 Å². The number of rotatable bonds is 6. The number of benzene rings is 1. The third-order valence-corrected chi connectivity index (χ3v) is 5.66. The third kappa shape index (κ3) is 3.85. The predicted octanol–water partition coefficient (Wildman–Crippen LogP) is 2.35. The molecule has 1 aliphatic carbocycles. The summed E-state index contributed by atoms with van der Waals surface area (Å²) in [7, 11) is 0. The van der Waals surface area contributed by atoms with Gasteiger partial charge in [-0.3, -0.25) is 9.59 Å². The van der Waals surface area contributed by atoms with Crippen LogP contribution in [0.1, 0.15) is 23.3 Å². The number of fused-ring (bicyclic) bond motifs is 3. The molecule has 0 fully saturated rings. The second kappa shape index (κ2) is 7.87. The van der Waals surface area contributed by atoms with E-state index in [-0.39, 0.29) is 25.3 Å². The van der Waals surface area contributed by atoms with Gasteiger partial charge in [0, 0.05) is 4.88 Å². The van der Waals surface area contributed by atoms with Crippen molar-refractivity contribution in [3.63, 3.8) is 0 Å². The molecule has 1 aliphatic rings. The summed E-state index contributed by atoms with van der Waals surface area (Å²) in [6.45, 7) is 0.0944. The zero-order valence-electron chi connectivity index (χ0n) is 14.7. The van der Waals surface area contributed by atoms with Crippen molar-refractivity contribution in [3.05, 3.63) is 51.1 Å². The topological polar surface area (TPSA) is 83.3 Å². The van der Waals surface area contributed by atoms with Gasteiger partial charge in [-0.25, -0.2) is 0 Å². The summed E-state index contributed by atoms with van der Waals surface area (Å²) >= 11 is 1.54. The number of hydrogen-bond acceptors (Lipinski definition) is 7. The van der Waals surface area contributed by atoms with Crippen LogP contribution in [0.5, 0.6) is 5.75 Å². The minimum absolute atomic E-state index is 0.103. The zero-order chi connectivity index (χ0) is 18.6. The molecule has 0 unspecified atom stereocenters. The van der Waals surface area contributed by atoms with Gasteiger partial charge < -0.3 is 9.47 Å². The first-order valence-electron chi connectivity index (χ1n) is 8.94. The smallest absolute Gasteiger partial charge is 0.328 e. The molecule has 0 atom stereocenters. The minimum atomic E-state index is -0.536. The first-order valence-corrected chi connectivity index (χ1v) is 9.75. The van der Waals surface area contributed by atoms with E-state index < -0.39 is 5.97 Å². The number of esters is 1. The highest BCUT2D eigenvalue weighted by Crippen LogP contribution is 2.33. The quantitative estimate of drug-likeness (QED) is 0.478. The van der Waals surface area contributed by atoms with Gasteiger partial charge in [-0.15, -0.1) is 16.4 Å². The van der Waals surface area contributed by atoms with E-state index in [1.54, 1.807) is 0 Å². The molecular weight excluding hydrogens is 366 g/mol. The minimum Gasteiger partial charge on any atom is -0.490 e. The fraction of sp³-hybridized carbons (Fsp3) is 0.368. The summed E-state index contributed by atoms with van der Waals surface area (Å²) in [4.78, 5) is 26.7. The summed E-state index contributed by atoms with van der Waals surface area (Å²) in [5.74, 6) is 0.176. The highest BCUT2D eigenvalue weighted by molar-refractivity contribution is 7.18. The van der Waals surface area contributed by atoms with Crippen molar-refractivity contribution in [1.29, 1.82) is 0 Å². The molecule has 8 heteroatoms. The lowest BCUT2D eigenvalue weighted by molar-refractivity contribution is -0.145. The van der Waals surface area contributed by atoms with E-state index in [0.717, 1.165) is 35.9 Å². The standard InChI is InChI=1S/C19H19N3O4S/c23-16(26-11-10-25-13-6-2-1-3-7-13)12-22-19(24)17-14-8-4-5-9-15(14)27-18(17)20-21-22/h1-3,6-7H,4-5,8-12H2. The van der Waals surface area contributed by atoms with Gasteiger partial charge in [0.25, 0.3) is 5.56 Å². The lowest BCUT2D eigenvalue weighted by atomic mass is 9.97. The SMILES string of the molecule is O=C(Cn1nnc2sc3c(c2c1=O)CCCC3)OCCOc1ccccc1. The van der Waals surface area contributed by atoms with Crippen molar-refractivity contribution in [2.75, 3.05) is 13.2 Å². The molecule has 2 aromatic heterocycles. The van der Waals surface area contributed by atoms with Crippen LogP contribution in [0.15, 0.2) is 35.1 Å². The number of carbonyl (C=O) groups excluding carboxylic acids is 1. The largest absolute Gasteiger partial charge is 0.490 e. The molecule has 0 radical (unpaired) electrons. The second-order valence-electron chi connectivity index (χ2n) is 6.33. The van der Waals surface area contributed by atoms with E-state index in [9.17, 15) is 9.59 Å². The van der Waals surface area contributed by atoms with Crippen LogP contribution in [0.3, 0.4) is 0 Å². The van der Waals surface area contributed by atoms with Crippen LogP contribution in [0.4, 0.5) is 0 Å². The van der Waals surface area contributed by atoms with Crippen molar-refractivity contribution in [3.8, 4) is 5.75 Å². The summed E-state index contributed by atoms with van der Waals surface area (Å²) in [5.41, 5.74) is 0.816. The van der Waals surface area contributed by atoms with Crippen LogP contribution in [-0.2, 0) is 28.9 Å². The van der Waals surface area contributed by atoms with Gasteiger partial charge in [0.15, 0.2) is 4.83 Å². The van der Waals surface area contributed by atoms with E-state index in [4.69, 9.17) is 9.47 Å². The first kappa shape index (κ1) is 17.7. The molecule has 0 spiro atoms. The van der Waals surface area contributed by atoms with Crippen molar-refractivity contribution in [2.45, 2.75) is 32.2 Å². The Bertz CT molecular complexity index is 1010. The van der Waals surface area contributed by atoms with E-state index in [2.05, 4.69) is 10.3 Å². The first-order chi connectivity index (χ1) is 13.2. The average molecular weight is 385 g/mol. The Labute approximate surface area is 159 Å². The molecule has 1 aromatic carbocycles. The highest BCUT2D eigenvalue weighted by atomic mass is 32.1. The molecule has 0 amide bonds. The molecule has 2 heterocycles. The lowest BCUT2D eigenvalue weighted by Crippen LogP contribution is -2.29. The molecule has 140 valence electrons. The van der Waals surface area contributed by atoms with Gasteiger partial charge in [-0.2, -0.15) is 4.68 Å². The zero-order valence-corrected chi connectivity index (χ0v) is 15.5. The maximum absolute atomic E-state index is 12.7. The molecule has 0 saturated heterocycles.